The third-order valence-electron chi connectivity index (χ3n) is 1.34. The molecule has 11 heavy (non-hydrogen) atoms. The monoisotopic (exact) mass is 387 g/mol. The van der Waals surface area contributed by atoms with Crippen molar-refractivity contribution in [3.8, 4) is 0 Å². The summed E-state index contributed by atoms with van der Waals surface area (Å²) in [4.78, 5) is 4.41. The summed E-state index contributed by atoms with van der Waals surface area (Å²) in [7, 11) is 0. The van der Waals surface area contributed by atoms with E-state index in [-0.39, 0.29) is 0 Å². The summed E-state index contributed by atoms with van der Waals surface area (Å²) in [6, 6.07) is 6.26. The fourth-order valence-corrected chi connectivity index (χ4v) is 3.36. The minimum Gasteiger partial charge on any atom is -0.229 e. The van der Waals surface area contributed by atoms with Crippen LogP contribution in [0.25, 0.3) is 10.2 Å². The van der Waals surface area contributed by atoms with E-state index in [2.05, 4.69) is 68.4 Å². The third kappa shape index (κ3) is 1.52. The molecular formula is C7H3I2NS. The Bertz CT molecular complexity index is 396. The highest BCUT2D eigenvalue weighted by molar-refractivity contribution is 14.1. The van der Waals surface area contributed by atoms with Gasteiger partial charge in [-0.2, -0.15) is 0 Å². The molecule has 56 valence electrons. The number of hydrogen-bond donors (Lipinski definition) is 0. The SMILES string of the molecule is Ic1nc2c(I)cccc2s1. The van der Waals surface area contributed by atoms with Gasteiger partial charge in [0.05, 0.1) is 10.2 Å². The van der Waals surface area contributed by atoms with Gasteiger partial charge in [-0.3, -0.25) is 0 Å². The molecular weight excluding hydrogens is 384 g/mol. The van der Waals surface area contributed by atoms with Crippen LogP contribution in [0.4, 0.5) is 0 Å². The number of thiazole rings is 1. The molecule has 0 radical (unpaired) electrons. The van der Waals surface area contributed by atoms with Gasteiger partial charge in [0.25, 0.3) is 0 Å². The van der Waals surface area contributed by atoms with Crippen molar-refractivity contribution in [2.45, 2.75) is 0 Å². The summed E-state index contributed by atoms with van der Waals surface area (Å²) in [5.74, 6) is 0. The average Bonchev–Trinajstić information content (AvgIpc) is 2.31. The van der Waals surface area contributed by atoms with Crippen LogP contribution in [0.2, 0.25) is 0 Å². The summed E-state index contributed by atoms with van der Waals surface area (Å²) in [6.07, 6.45) is 0. The maximum atomic E-state index is 4.41. The first-order chi connectivity index (χ1) is 5.27. The van der Waals surface area contributed by atoms with Crippen molar-refractivity contribution in [2.24, 2.45) is 0 Å². The van der Waals surface area contributed by atoms with Crippen LogP contribution >= 0.6 is 56.5 Å². The van der Waals surface area contributed by atoms with Crippen LogP contribution in [0.5, 0.6) is 0 Å². The van der Waals surface area contributed by atoms with E-state index in [0.717, 1.165) is 8.53 Å². The molecule has 0 fully saturated rings. The highest BCUT2D eigenvalue weighted by Crippen LogP contribution is 2.26. The van der Waals surface area contributed by atoms with Crippen LogP contribution in [0.3, 0.4) is 0 Å². The van der Waals surface area contributed by atoms with Crippen LogP contribution in [-0.4, -0.2) is 4.98 Å². The second-order valence-corrected chi connectivity index (χ2v) is 6.00. The first-order valence-corrected chi connectivity index (χ1v) is 5.95. The summed E-state index contributed by atoms with van der Waals surface area (Å²) >= 11 is 6.30. The summed E-state index contributed by atoms with van der Waals surface area (Å²) in [6.45, 7) is 0. The zero-order valence-corrected chi connectivity index (χ0v) is 10.5. The lowest BCUT2D eigenvalue weighted by Crippen LogP contribution is -1.73. The van der Waals surface area contributed by atoms with Crippen molar-refractivity contribution >= 4 is 66.7 Å². The van der Waals surface area contributed by atoms with Gasteiger partial charge in [0, 0.05) is 3.57 Å². The van der Waals surface area contributed by atoms with Gasteiger partial charge in [-0.15, -0.1) is 11.3 Å². The van der Waals surface area contributed by atoms with Crippen molar-refractivity contribution in [1.82, 2.24) is 4.98 Å². The van der Waals surface area contributed by atoms with Crippen molar-refractivity contribution in [3.05, 3.63) is 24.8 Å². The summed E-state index contributed by atoms with van der Waals surface area (Å²) < 4.78 is 3.63. The molecule has 0 spiro atoms. The first kappa shape index (κ1) is 8.18. The van der Waals surface area contributed by atoms with Gasteiger partial charge in [0.2, 0.25) is 0 Å². The summed E-state index contributed by atoms with van der Waals surface area (Å²) in [5.41, 5.74) is 1.14. The van der Waals surface area contributed by atoms with Crippen molar-refractivity contribution < 1.29 is 0 Å². The van der Waals surface area contributed by atoms with E-state index in [4.69, 9.17) is 0 Å². The van der Waals surface area contributed by atoms with E-state index in [9.17, 15) is 0 Å². The molecule has 0 saturated heterocycles. The molecule has 0 saturated carbocycles. The Morgan fingerprint density at radius 3 is 2.82 bits per heavy atom. The van der Waals surface area contributed by atoms with Crippen LogP contribution < -0.4 is 0 Å². The number of fused-ring (bicyclic) bond motifs is 1. The number of para-hydroxylation sites is 1. The minimum atomic E-state index is 1.11. The van der Waals surface area contributed by atoms with Gasteiger partial charge >= 0.3 is 0 Å². The molecule has 1 nitrogen and oxygen atoms in total. The van der Waals surface area contributed by atoms with Crippen LogP contribution in [0.1, 0.15) is 0 Å². The number of halogens is 2. The second kappa shape index (κ2) is 3.14. The maximum absolute atomic E-state index is 4.41. The molecule has 0 amide bonds. The van der Waals surface area contributed by atoms with Crippen LogP contribution in [0, 0.1) is 6.58 Å². The Labute approximate surface area is 95.5 Å². The smallest absolute Gasteiger partial charge is 0.155 e. The fourth-order valence-electron chi connectivity index (χ4n) is 0.888. The normalized spacial score (nSPS) is 10.7. The fraction of sp³-hybridized carbons (Fsp3) is 0. The van der Waals surface area contributed by atoms with E-state index in [0.29, 0.717) is 0 Å². The van der Waals surface area contributed by atoms with Gasteiger partial charge in [0.15, 0.2) is 3.01 Å². The van der Waals surface area contributed by atoms with Crippen molar-refractivity contribution in [1.29, 1.82) is 0 Å². The van der Waals surface area contributed by atoms with E-state index >= 15 is 0 Å². The molecule has 0 bridgehead atoms. The average molecular weight is 387 g/mol. The molecule has 0 unspecified atom stereocenters. The highest BCUT2D eigenvalue weighted by atomic mass is 127. The van der Waals surface area contributed by atoms with Crippen molar-refractivity contribution in [3.63, 3.8) is 0 Å². The third-order valence-corrected chi connectivity index (χ3v) is 3.93. The molecule has 0 atom stereocenters. The van der Waals surface area contributed by atoms with E-state index in [1.807, 2.05) is 0 Å². The van der Waals surface area contributed by atoms with E-state index < -0.39 is 0 Å². The first-order valence-electron chi connectivity index (χ1n) is 2.98. The molecule has 1 aromatic carbocycles. The topological polar surface area (TPSA) is 12.9 Å². The molecule has 2 aromatic rings. The Morgan fingerprint density at radius 2 is 2.09 bits per heavy atom. The minimum absolute atomic E-state index is 1.11. The predicted molar refractivity (Wildman–Crippen MR) is 65.1 cm³/mol. The van der Waals surface area contributed by atoms with E-state index in [1.54, 1.807) is 11.3 Å². The molecule has 2 rings (SSSR count). The quantitative estimate of drug-likeness (QED) is 0.631. The zero-order chi connectivity index (χ0) is 7.84. The zero-order valence-electron chi connectivity index (χ0n) is 5.34. The van der Waals surface area contributed by atoms with Crippen molar-refractivity contribution in [2.75, 3.05) is 0 Å². The Hall–Kier alpha value is 0.570. The maximum Gasteiger partial charge on any atom is 0.155 e. The Balaban J connectivity index is 2.90. The number of aromatic nitrogens is 1. The Kier molecular flexibility index (Phi) is 2.33. The van der Waals surface area contributed by atoms with Gasteiger partial charge < -0.3 is 0 Å². The number of hydrogen-bond acceptors (Lipinski definition) is 2. The molecule has 4 heteroatoms. The van der Waals surface area contributed by atoms with Crippen LogP contribution in [0.15, 0.2) is 18.2 Å². The molecule has 0 aliphatic heterocycles. The standard InChI is InChI=1S/C7H3I2NS/c8-4-2-1-3-5-6(4)10-7(9)11-5/h1-3H. The molecule has 1 heterocycles. The van der Waals surface area contributed by atoms with Crippen LogP contribution in [-0.2, 0) is 0 Å². The predicted octanol–water partition coefficient (Wildman–Crippen LogP) is 3.51. The highest BCUT2D eigenvalue weighted by Gasteiger charge is 2.02. The lowest BCUT2D eigenvalue weighted by Gasteiger charge is -1.88. The number of nitrogens with zero attached hydrogens (tertiary/aromatic N) is 1. The van der Waals surface area contributed by atoms with Gasteiger partial charge in [0.1, 0.15) is 0 Å². The molecule has 1 aromatic heterocycles. The largest absolute Gasteiger partial charge is 0.229 e. The summed E-state index contributed by atoms with van der Waals surface area (Å²) in [5, 5.41) is 0. The number of rotatable bonds is 0. The lowest BCUT2D eigenvalue weighted by molar-refractivity contribution is 1.43. The Morgan fingerprint density at radius 1 is 1.27 bits per heavy atom. The van der Waals surface area contributed by atoms with Gasteiger partial charge in [-0.05, 0) is 57.3 Å². The molecule has 0 aliphatic rings. The van der Waals surface area contributed by atoms with E-state index in [1.165, 1.54) is 8.27 Å². The lowest BCUT2D eigenvalue weighted by atomic mass is 10.3. The van der Waals surface area contributed by atoms with Gasteiger partial charge in [-0.25, -0.2) is 4.98 Å². The number of benzene rings is 1. The molecule has 0 N–H and O–H groups in total. The molecule has 0 aliphatic carbocycles. The second-order valence-electron chi connectivity index (χ2n) is 2.05. The van der Waals surface area contributed by atoms with Gasteiger partial charge in [-0.1, -0.05) is 6.07 Å².